The van der Waals surface area contributed by atoms with Crippen LogP contribution in [0.15, 0.2) is 36.5 Å². The van der Waals surface area contributed by atoms with Crippen molar-refractivity contribution in [2.45, 2.75) is 31.3 Å². The number of hydrogen-bond donors (Lipinski definition) is 1. The van der Waals surface area contributed by atoms with E-state index in [0.29, 0.717) is 36.6 Å². The topological polar surface area (TPSA) is 81.1 Å². The van der Waals surface area contributed by atoms with Gasteiger partial charge in [0.25, 0.3) is 0 Å². The van der Waals surface area contributed by atoms with E-state index < -0.39 is 12.0 Å². The number of methoxy groups -OCH3 is 3. The number of likely N-dealkylation sites (tertiary alicyclic amines) is 1. The van der Waals surface area contributed by atoms with Gasteiger partial charge < -0.3 is 19.3 Å². The lowest BCUT2D eigenvalue weighted by molar-refractivity contribution is -0.143. The number of rotatable bonds is 8. The van der Waals surface area contributed by atoms with E-state index in [0.717, 1.165) is 17.7 Å². The van der Waals surface area contributed by atoms with E-state index >= 15 is 0 Å². The second-order valence-corrected chi connectivity index (χ2v) is 6.72. The first kappa shape index (κ1) is 19.9. The third kappa shape index (κ3) is 4.04. The van der Waals surface area contributed by atoms with Gasteiger partial charge in [-0.1, -0.05) is 6.07 Å². The largest absolute Gasteiger partial charge is 0.496 e. The third-order valence-corrected chi connectivity index (χ3v) is 5.20. The van der Waals surface area contributed by atoms with Crippen molar-refractivity contribution in [3.05, 3.63) is 47.8 Å². The van der Waals surface area contributed by atoms with E-state index in [4.69, 9.17) is 14.2 Å². The maximum Gasteiger partial charge on any atom is 0.320 e. The molecule has 28 heavy (non-hydrogen) atoms. The van der Waals surface area contributed by atoms with Crippen LogP contribution in [0.3, 0.4) is 0 Å². The average Bonchev–Trinajstić information content (AvgIpc) is 3.21. The molecule has 0 radical (unpaired) electrons. The van der Waals surface area contributed by atoms with Gasteiger partial charge in [0, 0.05) is 36.0 Å². The van der Waals surface area contributed by atoms with Gasteiger partial charge in [-0.3, -0.25) is 14.7 Å². The van der Waals surface area contributed by atoms with Gasteiger partial charge in [-0.2, -0.15) is 0 Å². The minimum atomic E-state index is -0.803. The number of carboxylic acid groups (broad SMARTS) is 1. The normalized spacial score (nSPS) is 17.9. The van der Waals surface area contributed by atoms with Crippen molar-refractivity contribution < 1.29 is 24.1 Å². The fourth-order valence-electron chi connectivity index (χ4n) is 3.86. The Bertz CT molecular complexity index is 812. The SMILES string of the molecule is COc1cc(OC)c(C(Cc2ccccn2)N2CCCC2C(=O)O)cc1OC. The molecule has 2 unspecified atom stereocenters. The van der Waals surface area contributed by atoms with Crippen LogP contribution in [0.4, 0.5) is 0 Å². The van der Waals surface area contributed by atoms with Gasteiger partial charge >= 0.3 is 5.97 Å². The highest BCUT2D eigenvalue weighted by Gasteiger charge is 2.37. The van der Waals surface area contributed by atoms with Crippen LogP contribution >= 0.6 is 0 Å². The molecule has 2 atom stereocenters. The van der Waals surface area contributed by atoms with Crippen molar-refractivity contribution in [1.29, 1.82) is 0 Å². The number of carbonyl (C=O) groups is 1. The fraction of sp³-hybridized carbons (Fsp3) is 0.429. The molecule has 2 heterocycles. The fourth-order valence-corrected chi connectivity index (χ4v) is 3.86. The molecule has 1 aliphatic heterocycles. The zero-order valence-electron chi connectivity index (χ0n) is 16.4. The summed E-state index contributed by atoms with van der Waals surface area (Å²) in [6.07, 6.45) is 3.78. The number of aliphatic carboxylic acids is 1. The average molecular weight is 386 g/mol. The Morgan fingerprint density at radius 3 is 2.50 bits per heavy atom. The van der Waals surface area contributed by atoms with Gasteiger partial charge in [-0.15, -0.1) is 0 Å². The Hall–Kier alpha value is -2.80. The summed E-state index contributed by atoms with van der Waals surface area (Å²) in [4.78, 5) is 18.3. The highest BCUT2D eigenvalue weighted by molar-refractivity contribution is 5.74. The molecule has 2 aromatic rings. The lowest BCUT2D eigenvalue weighted by Crippen LogP contribution is -2.39. The monoisotopic (exact) mass is 386 g/mol. The minimum Gasteiger partial charge on any atom is -0.496 e. The van der Waals surface area contributed by atoms with Gasteiger partial charge in [0.05, 0.1) is 21.3 Å². The van der Waals surface area contributed by atoms with E-state index in [9.17, 15) is 9.90 Å². The maximum absolute atomic E-state index is 11.8. The lowest BCUT2D eigenvalue weighted by Gasteiger charge is -2.32. The maximum atomic E-state index is 11.8. The number of benzene rings is 1. The van der Waals surface area contributed by atoms with Crippen LogP contribution in [0.5, 0.6) is 17.2 Å². The third-order valence-electron chi connectivity index (χ3n) is 5.20. The smallest absolute Gasteiger partial charge is 0.320 e. The van der Waals surface area contributed by atoms with Crippen LogP contribution in [0, 0.1) is 0 Å². The molecular weight excluding hydrogens is 360 g/mol. The highest BCUT2D eigenvalue weighted by atomic mass is 16.5. The van der Waals surface area contributed by atoms with Crippen molar-refractivity contribution >= 4 is 5.97 Å². The summed E-state index contributed by atoms with van der Waals surface area (Å²) >= 11 is 0. The zero-order chi connectivity index (χ0) is 20.1. The summed E-state index contributed by atoms with van der Waals surface area (Å²) < 4.78 is 16.5. The second kappa shape index (κ2) is 8.93. The summed E-state index contributed by atoms with van der Waals surface area (Å²) in [5.41, 5.74) is 1.75. The van der Waals surface area contributed by atoms with Crippen molar-refractivity contribution in [1.82, 2.24) is 9.88 Å². The molecular formula is C21H26N2O5. The molecule has 0 amide bonds. The number of aromatic nitrogens is 1. The highest BCUT2D eigenvalue weighted by Crippen LogP contribution is 2.42. The molecule has 0 saturated carbocycles. The van der Waals surface area contributed by atoms with Gasteiger partial charge in [-0.25, -0.2) is 0 Å². The quantitative estimate of drug-likeness (QED) is 0.747. The van der Waals surface area contributed by atoms with Crippen molar-refractivity contribution in [2.75, 3.05) is 27.9 Å². The molecule has 1 aromatic heterocycles. The number of nitrogens with zero attached hydrogens (tertiary/aromatic N) is 2. The molecule has 1 fully saturated rings. The van der Waals surface area contributed by atoms with E-state index in [1.165, 1.54) is 0 Å². The van der Waals surface area contributed by atoms with Gasteiger partial charge in [0.1, 0.15) is 11.8 Å². The van der Waals surface area contributed by atoms with E-state index in [1.54, 1.807) is 33.6 Å². The molecule has 0 bridgehead atoms. The number of ether oxygens (including phenoxy) is 3. The van der Waals surface area contributed by atoms with Crippen LogP contribution in [-0.2, 0) is 11.2 Å². The molecule has 7 nitrogen and oxygen atoms in total. The molecule has 7 heteroatoms. The van der Waals surface area contributed by atoms with E-state index in [-0.39, 0.29) is 6.04 Å². The predicted octanol–water partition coefficient (Wildman–Crippen LogP) is 2.94. The van der Waals surface area contributed by atoms with Crippen molar-refractivity contribution in [3.63, 3.8) is 0 Å². The molecule has 1 saturated heterocycles. The Kier molecular flexibility index (Phi) is 6.36. The first-order valence-electron chi connectivity index (χ1n) is 9.27. The van der Waals surface area contributed by atoms with Crippen LogP contribution < -0.4 is 14.2 Å². The zero-order valence-corrected chi connectivity index (χ0v) is 16.4. The van der Waals surface area contributed by atoms with Gasteiger partial charge in [-0.05, 0) is 37.6 Å². The standard InChI is InChI=1S/C21H26N2O5/c1-26-18-13-20(28-3)19(27-2)12-15(18)17(11-14-7-4-5-9-22-14)23-10-6-8-16(23)21(24)25/h4-5,7,9,12-13,16-17H,6,8,10-11H2,1-3H3,(H,24,25). The molecule has 150 valence electrons. The van der Waals surface area contributed by atoms with E-state index in [2.05, 4.69) is 4.98 Å². The first-order chi connectivity index (χ1) is 13.6. The molecule has 0 spiro atoms. The summed E-state index contributed by atoms with van der Waals surface area (Å²) in [6.45, 7) is 0.700. The molecule has 1 aromatic carbocycles. The van der Waals surface area contributed by atoms with Crippen LogP contribution in [0.25, 0.3) is 0 Å². The van der Waals surface area contributed by atoms with Gasteiger partial charge in [0.2, 0.25) is 0 Å². The summed E-state index contributed by atoms with van der Waals surface area (Å²) in [5.74, 6) is 0.976. The Morgan fingerprint density at radius 2 is 1.89 bits per heavy atom. The van der Waals surface area contributed by atoms with Crippen molar-refractivity contribution in [3.8, 4) is 17.2 Å². The van der Waals surface area contributed by atoms with E-state index in [1.807, 2.05) is 29.2 Å². The number of pyridine rings is 1. The Morgan fingerprint density at radius 1 is 1.18 bits per heavy atom. The molecule has 3 rings (SSSR count). The molecule has 1 aliphatic rings. The number of hydrogen-bond acceptors (Lipinski definition) is 6. The predicted molar refractivity (Wildman–Crippen MR) is 104 cm³/mol. The second-order valence-electron chi connectivity index (χ2n) is 6.72. The Balaban J connectivity index is 2.09. The van der Waals surface area contributed by atoms with Crippen LogP contribution in [0.2, 0.25) is 0 Å². The van der Waals surface area contributed by atoms with Crippen LogP contribution in [0.1, 0.15) is 30.1 Å². The minimum absolute atomic E-state index is 0.215. The van der Waals surface area contributed by atoms with Crippen molar-refractivity contribution in [2.24, 2.45) is 0 Å². The number of carboxylic acids is 1. The first-order valence-corrected chi connectivity index (χ1v) is 9.27. The lowest BCUT2D eigenvalue weighted by atomic mass is 9.97. The van der Waals surface area contributed by atoms with Crippen LogP contribution in [-0.4, -0.2) is 54.9 Å². The Labute approximate surface area is 164 Å². The summed E-state index contributed by atoms with van der Waals surface area (Å²) in [6, 6.07) is 8.66. The summed E-state index contributed by atoms with van der Waals surface area (Å²) in [7, 11) is 4.75. The van der Waals surface area contributed by atoms with Gasteiger partial charge in [0.15, 0.2) is 11.5 Å². The summed E-state index contributed by atoms with van der Waals surface area (Å²) in [5, 5.41) is 9.72. The molecule has 1 N–H and O–H groups in total. The molecule has 0 aliphatic carbocycles.